The summed E-state index contributed by atoms with van der Waals surface area (Å²) in [5.74, 6) is 0.669. The number of nitrogens with zero attached hydrogens (tertiary/aromatic N) is 3. The molecule has 0 aliphatic carbocycles. The van der Waals surface area contributed by atoms with E-state index < -0.39 is 0 Å². The first-order chi connectivity index (χ1) is 9.31. The number of aromatic nitrogens is 2. The van der Waals surface area contributed by atoms with Crippen LogP contribution in [0.3, 0.4) is 0 Å². The highest BCUT2D eigenvalue weighted by Gasteiger charge is 2.20. The Kier molecular flexibility index (Phi) is 4.11. The fourth-order valence-corrected chi connectivity index (χ4v) is 3.21. The van der Waals surface area contributed by atoms with Crippen LogP contribution in [0, 0.1) is 0 Å². The summed E-state index contributed by atoms with van der Waals surface area (Å²) in [6, 6.07) is 8.30. The van der Waals surface area contributed by atoms with Crippen LogP contribution in [0.25, 0.3) is 0 Å². The number of likely N-dealkylation sites (tertiary alicyclic amines) is 1. The Hall–Kier alpha value is -0.970. The van der Waals surface area contributed by atoms with Crippen molar-refractivity contribution in [2.24, 2.45) is 0 Å². The SMILES string of the molecule is Clc1ccc(C2CCN(Cc3csnn3)CC2)cc1. The van der Waals surface area contributed by atoms with Crippen molar-refractivity contribution in [3.8, 4) is 0 Å². The van der Waals surface area contributed by atoms with Gasteiger partial charge >= 0.3 is 0 Å². The Morgan fingerprint density at radius 3 is 2.58 bits per heavy atom. The molecule has 1 aromatic carbocycles. The summed E-state index contributed by atoms with van der Waals surface area (Å²) < 4.78 is 3.91. The molecule has 0 bridgehead atoms. The predicted molar refractivity (Wildman–Crippen MR) is 78.6 cm³/mol. The normalized spacial score (nSPS) is 17.7. The number of rotatable bonds is 3. The minimum Gasteiger partial charge on any atom is -0.297 e. The van der Waals surface area contributed by atoms with Crippen LogP contribution in [0.2, 0.25) is 5.02 Å². The lowest BCUT2D eigenvalue weighted by atomic mass is 9.89. The van der Waals surface area contributed by atoms with Crippen LogP contribution in [0.15, 0.2) is 29.6 Å². The Morgan fingerprint density at radius 1 is 1.21 bits per heavy atom. The molecular weight excluding hydrogens is 278 g/mol. The number of piperidine rings is 1. The van der Waals surface area contributed by atoms with Crippen molar-refractivity contribution in [3.63, 3.8) is 0 Å². The second-order valence-electron chi connectivity index (χ2n) is 5.00. The molecule has 1 fully saturated rings. The third-order valence-electron chi connectivity index (χ3n) is 3.72. The Bertz CT molecular complexity index is 504. The van der Waals surface area contributed by atoms with Crippen LogP contribution in [-0.2, 0) is 6.54 Å². The number of benzene rings is 1. The topological polar surface area (TPSA) is 29.0 Å². The zero-order valence-electron chi connectivity index (χ0n) is 10.6. The lowest BCUT2D eigenvalue weighted by molar-refractivity contribution is 0.202. The maximum absolute atomic E-state index is 5.93. The molecule has 0 unspecified atom stereocenters. The van der Waals surface area contributed by atoms with Gasteiger partial charge in [0.2, 0.25) is 0 Å². The molecule has 3 nitrogen and oxygen atoms in total. The fraction of sp³-hybridized carbons (Fsp3) is 0.429. The Balaban J connectivity index is 1.56. The Morgan fingerprint density at radius 2 is 1.95 bits per heavy atom. The van der Waals surface area contributed by atoms with Gasteiger partial charge in [0.1, 0.15) is 0 Å². The van der Waals surface area contributed by atoms with Crippen molar-refractivity contribution in [1.82, 2.24) is 14.5 Å². The highest BCUT2D eigenvalue weighted by molar-refractivity contribution is 7.03. The van der Waals surface area contributed by atoms with E-state index in [1.807, 2.05) is 17.5 Å². The summed E-state index contributed by atoms with van der Waals surface area (Å²) >= 11 is 7.36. The lowest BCUT2D eigenvalue weighted by Crippen LogP contribution is -2.32. The summed E-state index contributed by atoms with van der Waals surface area (Å²) in [5.41, 5.74) is 2.51. The first-order valence-electron chi connectivity index (χ1n) is 6.55. The molecule has 0 radical (unpaired) electrons. The monoisotopic (exact) mass is 293 g/mol. The molecule has 0 atom stereocenters. The standard InChI is InChI=1S/C14H16ClN3S/c15-13-3-1-11(2-4-13)12-5-7-18(8-6-12)9-14-10-19-17-16-14/h1-4,10,12H,5-9H2. The molecule has 1 aromatic heterocycles. The zero-order chi connectivity index (χ0) is 13.1. The van der Waals surface area contributed by atoms with E-state index in [0.717, 1.165) is 30.4 Å². The lowest BCUT2D eigenvalue weighted by Gasteiger charge is -2.31. The average Bonchev–Trinajstić information content (AvgIpc) is 2.94. The van der Waals surface area contributed by atoms with E-state index in [1.165, 1.54) is 29.9 Å². The van der Waals surface area contributed by atoms with Gasteiger partial charge in [0.05, 0.1) is 5.69 Å². The molecule has 3 rings (SSSR count). The second kappa shape index (κ2) is 5.99. The highest BCUT2D eigenvalue weighted by Crippen LogP contribution is 2.29. The molecule has 5 heteroatoms. The van der Waals surface area contributed by atoms with Crippen molar-refractivity contribution in [1.29, 1.82) is 0 Å². The molecule has 2 aromatic rings. The molecular formula is C14H16ClN3S. The molecule has 1 saturated heterocycles. The van der Waals surface area contributed by atoms with Crippen LogP contribution in [-0.4, -0.2) is 27.6 Å². The smallest absolute Gasteiger partial charge is 0.0895 e. The van der Waals surface area contributed by atoms with E-state index in [0.29, 0.717) is 5.92 Å². The van der Waals surface area contributed by atoms with Crippen molar-refractivity contribution >= 4 is 23.1 Å². The van der Waals surface area contributed by atoms with Gasteiger partial charge in [0.25, 0.3) is 0 Å². The highest BCUT2D eigenvalue weighted by atomic mass is 35.5. The minimum absolute atomic E-state index is 0.669. The van der Waals surface area contributed by atoms with Gasteiger partial charge in [-0.2, -0.15) is 0 Å². The first-order valence-corrected chi connectivity index (χ1v) is 7.76. The first kappa shape index (κ1) is 13.0. The maximum Gasteiger partial charge on any atom is 0.0895 e. The van der Waals surface area contributed by atoms with Gasteiger partial charge in [-0.3, -0.25) is 4.90 Å². The molecule has 0 saturated carbocycles. The number of hydrogen-bond donors (Lipinski definition) is 0. The molecule has 100 valence electrons. The summed E-state index contributed by atoms with van der Waals surface area (Å²) in [5, 5.41) is 6.96. The molecule has 19 heavy (non-hydrogen) atoms. The van der Waals surface area contributed by atoms with Crippen molar-refractivity contribution in [2.45, 2.75) is 25.3 Å². The second-order valence-corrected chi connectivity index (χ2v) is 6.04. The van der Waals surface area contributed by atoms with Gasteiger partial charge in [0.15, 0.2) is 0 Å². The van der Waals surface area contributed by atoms with Crippen LogP contribution < -0.4 is 0 Å². The number of hydrogen-bond acceptors (Lipinski definition) is 4. The van der Waals surface area contributed by atoms with Gasteiger partial charge in [-0.05, 0) is 61.1 Å². The van der Waals surface area contributed by atoms with E-state index in [9.17, 15) is 0 Å². The molecule has 0 amide bonds. The van der Waals surface area contributed by atoms with E-state index in [1.54, 1.807) is 0 Å². The average molecular weight is 294 g/mol. The van der Waals surface area contributed by atoms with Gasteiger partial charge in [0, 0.05) is 16.9 Å². The quantitative estimate of drug-likeness (QED) is 0.866. The van der Waals surface area contributed by atoms with E-state index in [2.05, 4.69) is 26.6 Å². The van der Waals surface area contributed by atoms with E-state index in [4.69, 9.17) is 11.6 Å². The van der Waals surface area contributed by atoms with Crippen molar-refractivity contribution in [3.05, 3.63) is 45.9 Å². The fourth-order valence-electron chi connectivity index (χ4n) is 2.64. The van der Waals surface area contributed by atoms with Gasteiger partial charge in [-0.25, -0.2) is 0 Å². The molecule has 1 aliphatic heterocycles. The van der Waals surface area contributed by atoms with E-state index >= 15 is 0 Å². The van der Waals surface area contributed by atoms with Crippen LogP contribution in [0.5, 0.6) is 0 Å². The van der Waals surface area contributed by atoms with Gasteiger partial charge < -0.3 is 0 Å². The molecule has 0 spiro atoms. The van der Waals surface area contributed by atoms with Crippen molar-refractivity contribution in [2.75, 3.05) is 13.1 Å². The summed E-state index contributed by atoms with van der Waals surface area (Å²) in [7, 11) is 0. The summed E-state index contributed by atoms with van der Waals surface area (Å²) in [4.78, 5) is 2.46. The van der Waals surface area contributed by atoms with Crippen LogP contribution >= 0.6 is 23.1 Å². The number of halogens is 1. The van der Waals surface area contributed by atoms with Gasteiger partial charge in [-0.1, -0.05) is 28.2 Å². The zero-order valence-corrected chi connectivity index (χ0v) is 12.2. The minimum atomic E-state index is 0.669. The maximum atomic E-state index is 5.93. The summed E-state index contributed by atoms with van der Waals surface area (Å²) in [6.07, 6.45) is 2.42. The van der Waals surface area contributed by atoms with Crippen molar-refractivity contribution < 1.29 is 0 Å². The van der Waals surface area contributed by atoms with Crippen LogP contribution in [0.1, 0.15) is 30.0 Å². The molecule has 0 N–H and O–H groups in total. The predicted octanol–water partition coefficient (Wildman–Crippen LogP) is 3.57. The van der Waals surface area contributed by atoms with Crippen LogP contribution in [0.4, 0.5) is 0 Å². The molecule has 2 heterocycles. The third kappa shape index (κ3) is 3.32. The van der Waals surface area contributed by atoms with Gasteiger partial charge in [-0.15, -0.1) is 5.10 Å². The van der Waals surface area contributed by atoms with E-state index in [-0.39, 0.29) is 0 Å². The third-order valence-corrected chi connectivity index (χ3v) is 4.53. The Labute approximate surface area is 122 Å². The largest absolute Gasteiger partial charge is 0.297 e. The summed E-state index contributed by atoms with van der Waals surface area (Å²) in [6.45, 7) is 3.19. The molecule has 1 aliphatic rings.